The molecule has 3 heteroatoms. The molecule has 2 nitrogen and oxygen atoms in total. The fourth-order valence-electron chi connectivity index (χ4n) is 2.21. The van der Waals surface area contributed by atoms with Gasteiger partial charge in [-0.15, -0.1) is 0 Å². The SMILES string of the molecule is CC(=O)c1ccccc1N(C)CCc1ccccc1Cl. The summed E-state index contributed by atoms with van der Waals surface area (Å²) in [5.74, 6) is 0.0881. The summed E-state index contributed by atoms with van der Waals surface area (Å²) in [6.45, 7) is 2.41. The van der Waals surface area contributed by atoms with E-state index < -0.39 is 0 Å². The number of nitrogens with zero attached hydrogens (tertiary/aromatic N) is 1. The summed E-state index contributed by atoms with van der Waals surface area (Å²) in [5, 5.41) is 0.792. The third-order valence-electron chi connectivity index (χ3n) is 3.37. The van der Waals surface area contributed by atoms with Crippen LogP contribution in [-0.4, -0.2) is 19.4 Å². The van der Waals surface area contributed by atoms with E-state index in [0.717, 1.165) is 34.8 Å². The number of hydrogen-bond acceptors (Lipinski definition) is 2. The lowest BCUT2D eigenvalue weighted by Gasteiger charge is -2.22. The first-order valence-corrected chi connectivity index (χ1v) is 7.02. The Hall–Kier alpha value is -1.80. The van der Waals surface area contributed by atoms with Crippen LogP contribution in [0, 0.1) is 0 Å². The highest BCUT2D eigenvalue weighted by Crippen LogP contribution is 2.21. The molecule has 0 aliphatic heterocycles. The lowest BCUT2D eigenvalue weighted by atomic mass is 10.1. The van der Waals surface area contributed by atoms with Gasteiger partial charge in [0.25, 0.3) is 0 Å². The molecule has 0 bridgehead atoms. The molecule has 2 aromatic rings. The van der Waals surface area contributed by atoms with Crippen molar-refractivity contribution in [3.63, 3.8) is 0 Å². The highest BCUT2D eigenvalue weighted by Gasteiger charge is 2.10. The van der Waals surface area contributed by atoms with Crippen molar-refractivity contribution < 1.29 is 4.79 Å². The first kappa shape index (κ1) is 14.6. The maximum absolute atomic E-state index is 11.7. The van der Waals surface area contributed by atoms with Crippen LogP contribution in [0.5, 0.6) is 0 Å². The van der Waals surface area contributed by atoms with Gasteiger partial charge in [-0.25, -0.2) is 0 Å². The second-order valence-electron chi connectivity index (χ2n) is 4.84. The van der Waals surface area contributed by atoms with Crippen LogP contribution < -0.4 is 4.90 Å². The van der Waals surface area contributed by atoms with Gasteiger partial charge in [0, 0.05) is 29.9 Å². The molecule has 0 fully saturated rings. The lowest BCUT2D eigenvalue weighted by Crippen LogP contribution is -2.22. The standard InChI is InChI=1S/C17H18ClNO/c1-13(20)15-8-4-6-10-17(15)19(2)12-11-14-7-3-5-9-16(14)18/h3-10H,11-12H2,1-2H3. The van der Waals surface area contributed by atoms with E-state index in [9.17, 15) is 4.79 Å². The second kappa shape index (κ2) is 6.58. The molecule has 0 spiro atoms. The van der Waals surface area contributed by atoms with Crippen molar-refractivity contribution in [2.24, 2.45) is 0 Å². The van der Waals surface area contributed by atoms with Gasteiger partial charge in [0.15, 0.2) is 5.78 Å². The topological polar surface area (TPSA) is 20.3 Å². The van der Waals surface area contributed by atoms with Crippen molar-refractivity contribution >= 4 is 23.1 Å². The van der Waals surface area contributed by atoms with Gasteiger partial charge in [0.2, 0.25) is 0 Å². The average molecular weight is 288 g/mol. The van der Waals surface area contributed by atoms with Crippen LogP contribution in [0.15, 0.2) is 48.5 Å². The molecule has 0 radical (unpaired) electrons. The molecule has 2 aromatic carbocycles. The van der Waals surface area contributed by atoms with E-state index in [4.69, 9.17) is 11.6 Å². The summed E-state index contributed by atoms with van der Waals surface area (Å²) in [4.78, 5) is 13.7. The van der Waals surface area contributed by atoms with E-state index in [1.54, 1.807) is 6.92 Å². The van der Waals surface area contributed by atoms with E-state index in [2.05, 4.69) is 4.90 Å². The van der Waals surface area contributed by atoms with Gasteiger partial charge in [0.05, 0.1) is 0 Å². The number of carbonyl (C=O) groups is 1. The predicted octanol–water partition coefficient (Wildman–Crippen LogP) is 4.22. The van der Waals surface area contributed by atoms with Crippen LogP contribution >= 0.6 is 11.6 Å². The van der Waals surface area contributed by atoms with E-state index in [0.29, 0.717) is 0 Å². The first-order chi connectivity index (χ1) is 9.59. The minimum atomic E-state index is 0.0881. The van der Waals surface area contributed by atoms with Crippen LogP contribution in [0.2, 0.25) is 5.02 Å². The molecule has 0 unspecified atom stereocenters. The van der Waals surface area contributed by atoms with E-state index in [-0.39, 0.29) is 5.78 Å². The Kier molecular flexibility index (Phi) is 4.80. The molecule has 0 saturated carbocycles. The number of Topliss-reactive ketones (excluding diaryl/α,β-unsaturated/α-hetero) is 1. The molecule has 0 N–H and O–H groups in total. The number of benzene rings is 2. The Bertz CT molecular complexity index is 609. The normalized spacial score (nSPS) is 10.3. The first-order valence-electron chi connectivity index (χ1n) is 6.64. The second-order valence-corrected chi connectivity index (χ2v) is 5.24. The quantitative estimate of drug-likeness (QED) is 0.767. The van der Waals surface area contributed by atoms with E-state index in [1.807, 2.05) is 55.6 Å². The van der Waals surface area contributed by atoms with Gasteiger partial charge in [0.1, 0.15) is 0 Å². The number of para-hydroxylation sites is 1. The van der Waals surface area contributed by atoms with Gasteiger partial charge < -0.3 is 4.90 Å². The minimum Gasteiger partial charge on any atom is -0.374 e. The third-order valence-corrected chi connectivity index (χ3v) is 3.74. The number of hydrogen-bond donors (Lipinski definition) is 0. The molecular weight excluding hydrogens is 270 g/mol. The number of carbonyl (C=O) groups excluding carboxylic acids is 1. The van der Waals surface area contributed by atoms with E-state index >= 15 is 0 Å². The van der Waals surface area contributed by atoms with Crippen molar-refractivity contribution in [1.29, 1.82) is 0 Å². The minimum absolute atomic E-state index is 0.0881. The van der Waals surface area contributed by atoms with Crippen molar-refractivity contribution in [2.75, 3.05) is 18.5 Å². The molecule has 2 rings (SSSR count). The monoisotopic (exact) mass is 287 g/mol. The fourth-order valence-corrected chi connectivity index (χ4v) is 2.44. The summed E-state index contributed by atoms with van der Waals surface area (Å²) in [6.07, 6.45) is 0.850. The molecule has 0 aliphatic carbocycles. The third kappa shape index (κ3) is 3.40. The summed E-state index contributed by atoms with van der Waals surface area (Å²) in [7, 11) is 2.00. The van der Waals surface area contributed by atoms with Gasteiger partial charge in [-0.2, -0.15) is 0 Å². The fraction of sp³-hybridized carbons (Fsp3) is 0.235. The Morgan fingerprint density at radius 3 is 2.45 bits per heavy atom. The molecule has 0 aromatic heterocycles. The molecule has 20 heavy (non-hydrogen) atoms. The number of likely N-dealkylation sites (N-methyl/N-ethyl adjacent to an activating group) is 1. The molecule has 0 saturated heterocycles. The summed E-state index contributed by atoms with van der Waals surface area (Å²) < 4.78 is 0. The summed E-state index contributed by atoms with van der Waals surface area (Å²) in [6, 6.07) is 15.5. The van der Waals surface area contributed by atoms with Gasteiger partial charge in [-0.1, -0.05) is 41.9 Å². The Morgan fingerprint density at radius 1 is 1.10 bits per heavy atom. The number of anilines is 1. The zero-order chi connectivity index (χ0) is 14.5. The van der Waals surface area contributed by atoms with Crippen molar-refractivity contribution in [2.45, 2.75) is 13.3 Å². The highest BCUT2D eigenvalue weighted by molar-refractivity contribution is 6.31. The Balaban J connectivity index is 2.11. The molecule has 0 heterocycles. The number of ketones is 1. The Labute approximate surface area is 125 Å². The molecule has 0 amide bonds. The van der Waals surface area contributed by atoms with Crippen molar-refractivity contribution in [3.8, 4) is 0 Å². The maximum Gasteiger partial charge on any atom is 0.161 e. The smallest absolute Gasteiger partial charge is 0.161 e. The van der Waals surface area contributed by atoms with Gasteiger partial charge in [-0.3, -0.25) is 4.79 Å². The molecular formula is C17H18ClNO. The van der Waals surface area contributed by atoms with Crippen LogP contribution in [0.4, 0.5) is 5.69 Å². The van der Waals surface area contributed by atoms with Crippen LogP contribution in [0.25, 0.3) is 0 Å². The molecule has 0 aliphatic rings. The van der Waals surface area contributed by atoms with Gasteiger partial charge >= 0.3 is 0 Å². The Morgan fingerprint density at radius 2 is 1.75 bits per heavy atom. The lowest BCUT2D eigenvalue weighted by molar-refractivity contribution is 0.101. The van der Waals surface area contributed by atoms with Crippen LogP contribution in [0.3, 0.4) is 0 Å². The van der Waals surface area contributed by atoms with Crippen LogP contribution in [0.1, 0.15) is 22.8 Å². The average Bonchev–Trinajstić information content (AvgIpc) is 2.46. The number of halogens is 1. The number of rotatable bonds is 5. The maximum atomic E-state index is 11.7. The summed E-state index contributed by atoms with van der Waals surface area (Å²) in [5.41, 5.74) is 2.85. The predicted molar refractivity (Wildman–Crippen MR) is 84.9 cm³/mol. The zero-order valence-electron chi connectivity index (χ0n) is 11.8. The molecule has 0 atom stereocenters. The van der Waals surface area contributed by atoms with Crippen molar-refractivity contribution in [3.05, 3.63) is 64.7 Å². The largest absolute Gasteiger partial charge is 0.374 e. The molecule has 104 valence electrons. The zero-order valence-corrected chi connectivity index (χ0v) is 12.5. The van der Waals surface area contributed by atoms with Crippen molar-refractivity contribution in [1.82, 2.24) is 0 Å². The highest BCUT2D eigenvalue weighted by atomic mass is 35.5. The van der Waals surface area contributed by atoms with Crippen LogP contribution in [-0.2, 0) is 6.42 Å². The van der Waals surface area contributed by atoms with E-state index in [1.165, 1.54) is 0 Å². The summed E-state index contributed by atoms with van der Waals surface area (Å²) >= 11 is 6.16. The van der Waals surface area contributed by atoms with Gasteiger partial charge in [-0.05, 0) is 37.1 Å².